The molecule has 1 aromatic heterocycles. The van der Waals surface area contributed by atoms with Crippen LogP contribution in [0, 0.1) is 0 Å². The topological polar surface area (TPSA) is 114 Å². The van der Waals surface area contributed by atoms with E-state index in [2.05, 4.69) is 22.5 Å². The Labute approximate surface area is 202 Å². The molecule has 180 valence electrons. The van der Waals surface area contributed by atoms with Crippen molar-refractivity contribution in [2.75, 3.05) is 18.5 Å². The molecular formula is C26H26N4O5. The molecule has 0 radical (unpaired) electrons. The van der Waals surface area contributed by atoms with E-state index in [-0.39, 0.29) is 23.9 Å². The van der Waals surface area contributed by atoms with E-state index in [1.807, 2.05) is 36.4 Å². The van der Waals surface area contributed by atoms with Gasteiger partial charge in [0.25, 0.3) is 5.91 Å². The van der Waals surface area contributed by atoms with Crippen molar-refractivity contribution in [3.63, 3.8) is 0 Å². The smallest absolute Gasteiger partial charge is 0.411 e. The van der Waals surface area contributed by atoms with E-state index in [0.29, 0.717) is 13.0 Å². The fourth-order valence-electron chi connectivity index (χ4n) is 5.05. The normalized spacial score (nSPS) is 16.9. The van der Waals surface area contributed by atoms with Gasteiger partial charge in [0.1, 0.15) is 12.6 Å². The van der Waals surface area contributed by atoms with Crippen molar-refractivity contribution in [1.29, 1.82) is 0 Å². The van der Waals surface area contributed by atoms with Crippen molar-refractivity contribution in [1.82, 2.24) is 14.7 Å². The monoisotopic (exact) mass is 474 g/mol. The molecular weight excluding hydrogens is 448 g/mol. The van der Waals surface area contributed by atoms with Crippen LogP contribution in [0.3, 0.4) is 0 Å². The highest BCUT2D eigenvalue weighted by Crippen LogP contribution is 2.44. The number of anilines is 1. The minimum atomic E-state index is -1.04. The van der Waals surface area contributed by atoms with Crippen LogP contribution in [0.2, 0.25) is 0 Å². The largest absolute Gasteiger partial charge is 0.480 e. The van der Waals surface area contributed by atoms with Gasteiger partial charge in [0.2, 0.25) is 0 Å². The highest BCUT2D eigenvalue weighted by molar-refractivity contribution is 6.02. The van der Waals surface area contributed by atoms with E-state index in [1.54, 1.807) is 7.05 Å². The van der Waals surface area contributed by atoms with E-state index in [0.717, 1.165) is 35.1 Å². The van der Waals surface area contributed by atoms with Gasteiger partial charge in [0.15, 0.2) is 5.69 Å². The van der Waals surface area contributed by atoms with Gasteiger partial charge in [-0.25, -0.2) is 9.59 Å². The van der Waals surface area contributed by atoms with E-state index in [1.165, 1.54) is 15.8 Å². The standard InChI is InChI=1S/C26H26N4O5/c1-29-14-21(23(28-29)24(31)30-13-7-6-12-22(30)25(32)33)27-26(34)35-15-20-18-10-4-2-8-16(18)17-9-3-5-11-19(17)20/h2-5,8-11,14,20,22H,6-7,12-13,15H2,1H3,(H,27,34)(H,32,33)/t22-/m0/s1. The molecule has 2 amide bonds. The van der Waals surface area contributed by atoms with Crippen LogP contribution in [-0.2, 0) is 16.6 Å². The Morgan fingerprint density at radius 2 is 1.71 bits per heavy atom. The van der Waals surface area contributed by atoms with Gasteiger partial charge in [-0.3, -0.25) is 14.8 Å². The van der Waals surface area contributed by atoms with Crippen molar-refractivity contribution in [3.05, 3.63) is 71.5 Å². The number of fused-ring (bicyclic) bond motifs is 3. The molecule has 2 aromatic carbocycles. The number of piperidine rings is 1. The van der Waals surface area contributed by atoms with Crippen molar-refractivity contribution < 1.29 is 24.2 Å². The summed E-state index contributed by atoms with van der Waals surface area (Å²) in [4.78, 5) is 38.9. The number of nitrogens with zero attached hydrogens (tertiary/aromatic N) is 3. The molecule has 0 spiro atoms. The maximum atomic E-state index is 13.2. The number of benzene rings is 2. The maximum absolute atomic E-state index is 13.2. The number of aliphatic carboxylic acids is 1. The predicted molar refractivity (Wildman–Crippen MR) is 128 cm³/mol. The van der Waals surface area contributed by atoms with Gasteiger partial charge in [-0.15, -0.1) is 0 Å². The zero-order chi connectivity index (χ0) is 24.5. The van der Waals surface area contributed by atoms with Crippen molar-refractivity contribution in [3.8, 4) is 11.1 Å². The molecule has 1 aliphatic heterocycles. The molecule has 35 heavy (non-hydrogen) atoms. The second-order valence-electron chi connectivity index (χ2n) is 8.86. The molecule has 9 nitrogen and oxygen atoms in total. The molecule has 0 unspecified atom stereocenters. The summed E-state index contributed by atoms with van der Waals surface area (Å²) in [7, 11) is 1.63. The molecule has 2 heterocycles. The number of nitrogens with one attached hydrogen (secondary N) is 1. The molecule has 2 aliphatic rings. The summed E-state index contributed by atoms with van der Waals surface area (Å²) >= 11 is 0. The van der Waals surface area contributed by atoms with E-state index in [4.69, 9.17) is 4.74 Å². The quantitative estimate of drug-likeness (QED) is 0.581. The van der Waals surface area contributed by atoms with Gasteiger partial charge in [0, 0.05) is 25.7 Å². The molecule has 9 heteroatoms. The van der Waals surface area contributed by atoms with Crippen LogP contribution in [0.5, 0.6) is 0 Å². The predicted octanol–water partition coefficient (Wildman–Crippen LogP) is 3.86. The van der Waals surface area contributed by atoms with Crippen molar-refractivity contribution in [2.24, 2.45) is 7.05 Å². The van der Waals surface area contributed by atoms with Crippen LogP contribution in [-0.4, -0.2) is 57.0 Å². The molecule has 3 aromatic rings. The highest BCUT2D eigenvalue weighted by atomic mass is 16.5. The minimum absolute atomic E-state index is 0.00541. The second-order valence-corrected chi connectivity index (χ2v) is 8.86. The SMILES string of the molecule is Cn1cc(NC(=O)OCC2c3ccccc3-c3ccccc32)c(C(=O)N2CCCC[C@H]2C(=O)O)n1. The summed E-state index contributed by atoms with van der Waals surface area (Å²) in [5.74, 6) is -1.65. The first kappa shape index (κ1) is 22.6. The summed E-state index contributed by atoms with van der Waals surface area (Å²) in [5.41, 5.74) is 4.64. The Hall–Kier alpha value is -4.14. The number of hydrogen-bond acceptors (Lipinski definition) is 5. The maximum Gasteiger partial charge on any atom is 0.411 e. The molecule has 1 atom stereocenters. The van der Waals surface area contributed by atoms with E-state index in [9.17, 15) is 19.5 Å². The summed E-state index contributed by atoms with van der Waals surface area (Å²) in [6.45, 7) is 0.466. The Morgan fingerprint density at radius 3 is 2.37 bits per heavy atom. The van der Waals surface area contributed by atoms with Crippen molar-refractivity contribution in [2.45, 2.75) is 31.2 Å². The number of rotatable bonds is 5. The molecule has 0 bridgehead atoms. The van der Waals surface area contributed by atoms with Crippen LogP contribution in [0.1, 0.15) is 46.8 Å². The van der Waals surface area contributed by atoms with Crippen molar-refractivity contribution >= 4 is 23.7 Å². The van der Waals surface area contributed by atoms with Gasteiger partial charge in [-0.1, -0.05) is 48.5 Å². The van der Waals surface area contributed by atoms with Crippen LogP contribution >= 0.6 is 0 Å². The van der Waals surface area contributed by atoms with Crippen LogP contribution in [0.25, 0.3) is 11.1 Å². The molecule has 5 rings (SSSR count). The number of ether oxygens (including phenoxy) is 1. The third kappa shape index (κ3) is 4.25. The van der Waals surface area contributed by atoms with Gasteiger partial charge < -0.3 is 14.7 Å². The van der Waals surface area contributed by atoms with Gasteiger partial charge in [-0.05, 0) is 41.5 Å². The average molecular weight is 475 g/mol. The molecule has 1 saturated heterocycles. The number of amides is 2. The lowest BCUT2D eigenvalue weighted by Crippen LogP contribution is -2.48. The first-order chi connectivity index (χ1) is 16.9. The molecule has 1 aliphatic carbocycles. The number of aromatic nitrogens is 2. The highest BCUT2D eigenvalue weighted by Gasteiger charge is 2.35. The lowest BCUT2D eigenvalue weighted by molar-refractivity contribution is -0.143. The molecule has 1 fully saturated rings. The van der Waals surface area contributed by atoms with Gasteiger partial charge in [0.05, 0.1) is 5.69 Å². The summed E-state index contributed by atoms with van der Waals surface area (Å²) in [6, 6.07) is 15.2. The van der Waals surface area contributed by atoms with Crippen LogP contribution in [0.4, 0.5) is 10.5 Å². The number of carboxylic acids is 1. The Morgan fingerprint density at radius 1 is 1.06 bits per heavy atom. The average Bonchev–Trinajstić information content (AvgIpc) is 3.39. The van der Waals surface area contributed by atoms with Gasteiger partial charge >= 0.3 is 12.1 Å². The minimum Gasteiger partial charge on any atom is -0.480 e. The fourth-order valence-corrected chi connectivity index (χ4v) is 5.05. The first-order valence-corrected chi connectivity index (χ1v) is 11.6. The van der Waals surface area contributed by atoms with E-state index >= 15 is 0 Å². The number of carbonyl (C=O) groups excluding carboxylic acids is 2. The second kappa shape index (κ2) is 9.25. The number of carbonyl (C=O) groups is 3. The Kier molecular flexibility index (Phi) is 5.98. The number of hydrogen-bond donors (Lipinski definition) is 2. The third-order valence-corrected chi connectivity index (χ3v) is 6.66. The number of aryl methyl sites for hydroxylation is 1. The van der Waals surface area contributed by atoms with E-state index < -0.39 is 24.0 Å². The lowest BCUT2D eigenvalue weighted by atomic mass is 9.98. The summed E-state index contributed by atoms with van der Waals surface area (Å²) in [6.07, 6.45) is 2.66. The Balaban J connectivity index is 1.30. The van der Waals surface area contributed by atoms with Crippen LogP contribution in [0.15, 0.2) is 54.7 Å². The van der Waals surface area contributed by atoms with Gasteiger partial charge in [-0.2, -0.15) is 5.10 Å². The summed E-state index contributed by atoms with van der Waals surface area (Å²) < 4.78 is 7.00. The number of likely N-dealkylation sites (tertiary alicyclic amines) is 1. The molecule has 2 N–H and O–H groups in total. The lowest BCUT2D eigenvalue weighted by Gasteiger charge is -2.32. The first-order valence-electron chi connectivity index (χ1n) is 11.6. The third-order valence-electron chi connectivity index (χ3n) is 6.66. The number of carboxylic acid groups (broad SMARTS) is 1. The fraction of sp³-hybridized carbons (Fsp3) is 0.308. The molecule has 0 saturated carbocycles. The zero-order valence-corrected chi connectivity index (χ0v) is 19.3. The van der Waals surface area contributed by atoms with Crippen LogP contribution < -0.4 is 5.32 Å². The summed E-state index contributed by atoms with van der Waals surface area (Å²) in [5, 5.41) is 16.3. The Bertz CT molecular complexity index is 1250. The zero-order valence-electron chi connectivity index (χ0n) is 19.3.